The Morgan fingerprint density at radius 1 is 1.00 bits per heavy atom. The van der Waals surface area contributed by atoms with Crippen molar-refractivity contribution in [2.75, 3.05) is 13.7 Å². The number of aryl methyl sites for hydroxylation is 1. The summed E-state index contributed by atoms with van der Waals surface area (Å²) in [6, 6.07) is 10.0. The van der Waals surface area contributed by atoms with Gasteiger partial charge in [0.2, 0.25) is 0 Å². The Morgan fingerprint density at radius 2 is 1.74 bits per heavy atom. The number of hydrogen-bond acceptors (Lipinski definition) is 5. The van der Waals surface area contributed by atoms with Crippen LogP contribution < -0.4 is 4.74 Å². The van der Waals surface area contributed by atoms with Crippen LogP contribution in [0, 0.1) is 0 Å². The van der Waals surface area contributed by atoms with Gasteiger partial charge < -0.3 is 24.5 Å². The average molecular weight is 314 g/mol. The summed E-state index contributed by atoms with van der Waals surface area (Å²) in [7, 11) is 1.58. The fraction of sp³-hybridized carbons (Fsp3) is 0.222. The zero-order chi connectivity index (χ0) is 16.4. The highest BCUT2D eigenvalue weighted by Crippen LogP contribution is 2.37. The molecule has 0 aliphatic carbocycles. The number of fused-ring (bicyclic) bond motifs is 1. The standard InChI is InChI=1S/C18H18O5/c1-22-17-6-11(3-2-4-19)5-13-9-16(23-18(13)17)12-7-14(20)10-15(21)8-12/h5-10,19-21H,2-4H2,1H3. The van der Waals surface area contributed by atoms with E-state index in [1.165, 1.54) is 18.2 Å². The maximum Gasteiger partial charge on any atom is 0.176 e. The van der Waals surface area contributed by atoms with Crippen LogP contribution in [-0.2, 0) is 6.42 Å². The van der Waals surface area contributed by atoms with Crippen LogP contribution in [0.5, 0.6) is 17.2 Å². The van der Waals surface area contributed by atoms with Crippen molar-refractivity contribution in [3.63, 3.8) is 0 Å². The van der Waals surface area contributed by atoms with Crippen molar-refractivity contribution in [3.05, 3.63) is 42.0 Å². The summed E-state index contributed by atoms with van der Waals surface area (Å²) in [5.74, 6) is 1.09. The predicted octanol–water partition coefficient (Wildman–Crippen LogP) is 3.44. The summed E-state index contributed by atoms with van der Waals surface area (Å²) in [5, 5.41) is 29.1. The van der Waals surface area contributed by atoms with Crippen LogP contribution >= 0.6 is 0 Å². The number of ether oxygens (including phenoxy) is 1. The van der Waals surface area contributed by atoms with E-state index in [2.05, 4.69) is 0 Å². The Hall–Kier alpha value is -2.66. The van der Waals surface area contributed by atoms with Gasteiger partial charge >= 0.3 is 0 Å². The van der Waals surface area contributed by atoms with E-state index in [1.807, 2.05) is 18.2 Å². The monoisotopic (exact) mass is 314 g/mol. The normalized spacial score (nSPS) is 11.0. The Bertz CT molecular complexity index is 815. The van der Waals surface area contributed by atoms with Gasteiger partial charge in [-0.3, -0.25) is 0 Å². The molecule has 5 heteroatoms. The summed E-state index contributed by atoms with van der Waals surface area (Å²) >= 11 is 0. The van der Waals surface area contributed by atoms with Crippen molar-refractivity contribution >= 4 is 11.0 Å². The lowest BCUT2D eigenvalue weighted by Crippen LogP contribution is -1.91. The SMILES string of the molecule is COc1cc(CCCO)cc2cc(-c3cc(O)cc(O)c3)oc12. The van der Waals surface area contributed by atoms with Crippen LogP contribution in [0.4, 0.5) is 0 Å². The molecule has 23 heavy (non-hydrogen) atoms. The van der Waals surface area contributed by atoms with Crippen LogP contribution in [-0.4, -0.2) is 29.0 Å². The van der Waals surface area contributed by atoms with Crippen LogP contribution in [0.1, 0.15) is 12.0 Å². The zero-order valence-electron chi connectivity index (χ0n) is 12.7. The van der Waals surface area contributed by atoms with Crippen molar-refractivity contribution in [1.29, 1.82) is 0 Å². The number of rotatable bonds is 5. The molecular weight excluding hydrogens is 296 g/mol. The van der Waals surface area contributed by atoms with Crippen LogP contribution in [0.3, 0.4) is 0 Å². The van der Waals surface area contributed by atoms with E-state index >= 15 is 0 Å². The van der Waals surface area contributed by atoms with E-state index in [1.54, 1.807) is 7.11 Å². The van der Waals surface area contributed by atoms with Gasteiger partial charge in [0.25, 0.3) is 0 Å². The molecule has 2 aromatic carbocycles. The molecule has 0 amide bonds. The molecular formula is C18H18O5. The largest absolute Gasteiger partial charge is 0.508 e. The summed E-state index contributed by atoms with van der Waals surface area (Å²) < 4.78 is 11.2. The highest BCUT2D eigenvalue weighted by Gasteiger charge is 2.13. The number of aromatic hydroxyl groups is 2. The summed E-state index contributed by atoms with van der Waals surface area (Å²) in [6.07, 6.45) is 1.43. The van der Waals surface area contributed by atoms with E-state index in [9.17, 15) is 10.2 Å². The minimum absolute atomic E-state index is 0.0314. The maximum absolute atomic E-state index is 9.62. The molecule has 5 nitrogen and oxygen atoms in total. The highest BCUT2D eigenvalue weighted by molar-refractivity contribution is 5.88. The summed E-state index contributed by atoms with van der Waals surface area (Å²) in [5.41, 5.74) is 2.24. The fourth-order valence-corrected chi connectivity index (χ4v) is 2.64. The molecule has 1 heterocycles. The molecule has 0 bridgehead atoms. The van der Waals surface area contributed by atoms with E-state index in [4.69, 9.17) is 14.3 Å². The summed E-state index contributed by atoms with van der Waals surface area (Å²) in [6.45, 7) is 0.138. The van der Waals surface area contributed by atoms with Gasteiger partial charge in [0.15, 0.2) is 11.3 Å². The zero-order valence-corrected chi connectivity index (χ0v) is 12.7. The van der Waals surface area contributed by atoms with Gasteiger partial charge in [0.1, 0.15) is 17.3 Å². The second kappa shape index (κ2) is 6.22. The number of benzene rings is 2. The lowest BCUT2D eigenvalue weighted by atomic mass is 10.1. The first-order valence-corrected chi connectivity index (χ1v) is 7.35. The number of phenols is 2. The second-order valence-electron chi connectivity index (χ2n) is 5.39. The van der Waals surface area contributed by atoms with Crippen LogP contribution in [0.15, 0.2) is 40.8 Å². The molecule has 0 spiro atoms. The first kappa shape index (κ1) is 15.2. The Labute approximate surface area is 133 Å². The van der Waals surface area contributed by atoms with Crippen molar-refractivity contribution in [2.45, 2.75) is 12.8 Å². The van der Waals surface area contributed by atoms with Gasteiger partial charge in [0, 0.05) is 23.6 Å². The molecule has 0 atom stereocenters. The molecule has 0 radical (unpaired) electrons. The van der Waals surface area contributed by atoms with Crippen molar-refractivity contribution in [2.24, 2.45) is 0 Å². The first-order valence-electron chi connectivity index (χ1n) is 7.35. The lowest BCUT2D eigenvalue weighted by molar-refractivity contribution is 0.288. The van der Waals surface area contributed by atoms with E-state index in [0.717, 1.165) is 17.4 Å². The molecule has 3 N–H and O–H groups in total. The highest BCUT2D eigenvalue weighted by atomic mass is 16.5. The molecule has 0 aliphatic rings. The third-order valence-electron chi connectivity index (χ3n) is 3.67. The molecule has 0 unspecified atom stereocenters. The molecule has 0 aliphatic heterocycles. The van der Waals surface area contributed by atoms with Gasteiger partial charge in [-0.2, -0.15) is 0 Å². The smallest absolute Gasteiger partial charge is 0.176 e. The minimum Gasteiger partial charge on any atom is -0.508 e. The molecule has 120 valence electrons. The number of hydrogen-bond donors (Lipinski definition) is 3. The lowest BCUT2D eigenvalue weighted by Gasteiger charge is -2.05. The van der Waals surface area contributed by atoms with Gasteiger partial charge in [-0.15, -0.1) is 0 Å². The molecule has 0 fully saturated rings. The molecule has 3 aromatic rings. The number of furan rings is 1. The Balaban J connectivity index is 2.10. The van der Waals surface area contributed by atoms with Gasteiger partial charge in [0.05, 0.1) is 7.11 Å². The molecule has 0 saturated carbocycles. The Morgan fingerprint density at radius 3 is 2.39 bits per heavy atom. The third kappa shape index (κ3) is 3.10. The maximum atomic E-state index is 9.62. The number of aliphatic hydroxyl groups is 1. The predicted molar refractivity (Wildman–Crippen MR) is 86.9 cm³/mol. The van der Waals surface area contributed by atoms with Crippen LogP contribution in [0.2, 0.25) is 0 Å². The van der Waals surface area contributed by atoms with Crippen molar-refractivity contribution < 1.29 is 24.5 Å². The molecule has 3 rings (SSSR count). The topological polar surface area (TPSA) is 83.1 Å². The number of phenolic OH excluding ortho intramolecular Hbond substituents is 2. The van der Waals surface area contributed by atoms with Gasteiger partial charge in [-0.05, 0) is 48.7 Å². The third-order valence-corrected chi connectivity index (χ3v) is 3.67. The van der Waals surface area contributed by atoms with Crippen molar-refractivity contribution in [1.82, 2.24) is 0 Å². The first-order chi connectivity index (χ1) is 11.1. The summed E-state index contributed by atoms with van der Waals surface area (Å²) in [4.78, 5) is 0. The Kier molecular flexibility index (Phi) is 4.12. The minimum atomic E-state index is -0.0314. The van der Waals surface area contributed by atoms with E-state index in [-0.39, 0.29) is 18.1 Å². The van der Waals surface area contributed by atoms with Crippen LogP contribution in [0.25, 0.3) is 22.3 Å². The molecule has 0 saturated heterocycles. The van der Waals surface area contributed by atoms with E-state index in [0.29, 0.717) is 29.1 Å². The number of methoxy groups -OCH3 is 1. The second-order valence-corrected chi connectivity index (χ2v) is 5.39. The fourth-order valence-electron chi connectivity index (χ4n) is 2.64. The quantitative estimate of drug-likeness (QED) is 0.672. The van der Waals surface area contributed by atoms with Gasteiger partial charge in [-0.25, -0.2) is 0 Å². The van der Waals surface area contributed by atoms with E-state index < -0.39 is 0 Å². The average Bonchev–Trinajstić information content (AvgIpc) is 2.95. The molecule has 1 aromatic heterocycles. The van der Waals surface area contributed by atoms with Gasteiger partial charge in [-0.1, -0.05) is 0 Å². The van der Waals surface area contributed by atoms with Crippen molar-refractivity contribution in [3.8, 4) is 28.6 Å². The number of aliphatic hydroxyl groups excluding tert-OH is 1.